The van der Waals surface area contributed by atoms with Crippen molar-refractivity contribution in [1.29, 1.82) is 0 Å². The van der Waals surface area contributed by atoms with E-state index in [1.54, 1.807) is 11.6 Å². The minimum absolute atomic E-state index is 0.0311. The lowest BCUT2D eigenvalue weighted by molar-refractivity contribution is 0.410. The van der Waals surface area contributed by atoms with Crippen molar-refractivity contribution >= 4 is 21.3 Å². The number of fused-ring (bicyclic) bond motifs is 2. The predicted molar refractivity (Wildman–Crippen MR) is 105 cm³/mol. The quantitative estimate of drug-likeness (QED) is 0.596. The van der Waals surface area contributed by atoms with Crippen molar-refractivity contribution in [2.45, 2.75) is 76.9 Å². The largest absolute Gasteiger partial charge is 0.207 e. The van der Waals surface area contributed by atoms with Gasteiger partial charge in [-0.2, -0.15) is 0 Å². The van der Waals surface area contributed by atoms with Crippen molar-refractivity contribution in [2.75, 3.05) is 0 Å². The van der Waals surface area contributed by atoms with Gasteiger partial charge in [-0.1, -0.05) is 50.9 Å². The van der Waals surface area contributed by atoms with Crippen LogP contribution in [0.5, 0.6) is 0 Å². The second-order valence-corrected chi connectivity index (χ2v) is 20.6. The van der Waals surface area contributed by atoms with Crippen LogP contribution in [0.4, 0.5) is 4.39 Å². The van der Waals surface area contributed by atoms with Gasteiger partial charge in [-0.05, 0) is 66.3 Å². The van der Waals surface area contributed by atoms with E-state index >= 15 is 0 Å². The molecule has 0 nitrogen and oxygen atoms in total. The van der Waals surface area contributed by atoms with E-state index in [0.29, 0.717) is 5.92 Å². The fourth-order valence-corrected chi connectivity index (χ4v) is 10.7. The second-order valence-electron chi connectivity index (χ2n) is 10.2. The van der Waals surface area contributed by atoms with E-state index in [0.717, 1.165) is 17.4 Å². The monoisotopic (exact) mass is 348 g/mol. The molecule has 2 fully saturated rings. The maximum Gasteiger partial charge on any atom is 0.123 e. The zero-order chi connectivity index (χ0) is 17.2. The van der Waals surface area contributed by atoms with Gasteiger partial charge in [0.1, 0.15) is 5.82 Å². The molecule has 0 radical (unpaired) electrons. The maximum atomic E-state index is 14.2. The molecule has 3 heteroatoms. The first-order chi connectivity index (χ1) is 10.5. The van der Waals surface area contributed by atoms with Crippen LogP contribution in [0.15, 0.2) is 12.1 Å². The summed E-state index contributed by atoms with van der Waals surface area (Å²) in [6, 6.07) is 3.69. The summed E-state index contributed by atoms with van der Waals surface area (Å²) in [7, 11) is -2.77. The first-order valence-corrected chi connectivity index (χ1v) is 16.4. The zero-order valence-electron chi connectivity index (χ0n) is 16.0. The van der Waals surface area contributed by atoms with E-state index in [9.17, 15) is 4.39 Å². The molecule has 0 saturated heterocycles. The highest BCUT2D eigenvalue weighted by atomic mass is 28.3. The molecule has 2 aliphatic rings. The van der Waals surface area contributed by atoms with Crippen molar-refractivity contribution in [1.82, 2.24) is 0 Å². The van der Waals surface area contributed by atoms with Crippen LogP contribution in [-0.4, -0.2) is 16.1 Å². The van der Waals surface area contributed by atoms with E-state index < -0.39 is 16.1 Å². The number of rotatable bonds is 3. The standard InChI is InChI=1S/C20H33FSi2/c1-13-10-16(21)12-17(22(2,3)4)18(13)19-14-8-9-15(11-14)20(19)23(5,6)7/h10,12,14-15,19-20H,8-9,11H2,1-7H3/t14-,15+,19-,20-/m0/s1. The van der Waals surface area contributed by atoms with E-state index in [-0.39, 0.29) is 5.82 Å². The second kappa shape index (κ2) is 5.55. The molecule has 128 valence electrons. The predicted octanol–water partition coefficient (Wildman–Crippen LogP) is 5.90. The van der Waals surface area contributed by atoms with E-state index in [1.165, 1.54) is 30.0 Å². The molecule has 4 atom stereocenters. The Morgan fingerprint density at radius 3 is 2.13 bits per heavy atom. The Kier molecular flexibility index (Phi) is 4.20. The van der Waals surface area contributed by atoms with Crippen LogP contribution < -0.4 is 5.19 Å². The lowest BCUT2D eigenvalue weighted by Gasteiger charge is -2.42. The Morgan fingerprint density at radius 1 is 0.957 bits per heavy atom. The van der Waals surface area contributed by atoms with Crippen LogP contribution in [0.2, 0.25) is 44.8 Å². The fraction of sp³-hybridized carbons (Fsp3) is 0.700. The summed E-state index contributed by atoms with van der Waals surface area (Å²) in [4.78, 5) is 0. The Morgan fingerprint density at radius 2 is 1.57 bits per heavy atom. The van der Waals surface area contributed by atoms with Gasteiger partial charge in [0, 0.05) is 8.07 Å². The summed E-state index contributed by atoms with van der Waals surface area (Å²) in [5.41, 5.74) is 3.69. The van der Waals surface area contributed by atoms with Gasteiger partial charge in [-0.3, -0.25) is 0 Å². The molecule has 1 aromatic rings. The molecule has 3 rings (SSSR count). The Labute approximate surface area is 143 Å². The van der Waals surface area contributed by atoms with Crippen molar-refractivity contribution in [3.05, 3.63) is 29.1 Å². The Hall–Kier alpha value is -0.416. The Bertz CT molecular complexity index is 609. The van der Waals surface area contributed by atoms with Gasteiger partial charge >= 0.3 is 0 Å². The fourth-order valence-electron chi connectivity index (χ4n) is 5.77. The average Bonchev–Trinajstić information content (AvgIpc) is 2.95. The number of halogens is 1. The topological polar surface area (TPSA) is 0 Å². The summed E-state index contributed by atoms with van der Waals surface area (Å²) < 4.78 is 14.2. The minimum atomic E-state index is -1.55. The summed E-state index contributed by atoms with van der Waals surface area (Å²) in [6.07, 6.45) is 4.28. The third-order valence-corrected chi connectivity index (χ3v) is 11.3. The highest BCUT2D eigenvalue weighted by molar-refractivity contribution is 6.89. The van der Waals surface area contributed by atoms with Crippen molar-refractivity contribution in [3.63, 3.8) is 0 Å². The third-order valence-electron chi connectivity index (χ3n) is 6.41. The molecule has 0 aliphatic heterocycles. The van der Waals surface area contributed by atoms with Gasteiger partial charge in [-0.15, -0.1) is 0 Å². The number of hydrogen-bond donors (Lipinski definition) is 0. The number of benzene rings is 1. The summed E-state index contributed by atoms with van der Waals surface area (Å²) in [5, 5.41) is 1.40. The molecule has 0 N–H and O–H groups in total. The molecular formula is C20H33FSi2. The summed E-state index contributed by atoms with van der Waals surface area (Å²) in [6.45, 7) is 17.0. The molecule has 0 aromatic heterocycles. The lowest BCUT2D eigenvalue weighted by atomic mass is 9.81. The number of hydrogen-bond acceptors (Lipinski definition) is 0. The van der Waals surface area contributed by atoms with E-state index in [2.05, 4.69) is 46.2 Å². The smallest absolute Gasteiger partial charge is 0.123 e. The minimum Gasteiger partial charge on any atom is -0.207 e. The van der Waals surface area contributed by atoms with Gasteiger partial charge in [0.25, 0.3) is 0 Å². The summed E-state index contributed by atoms with van der Waals surface area (Å²) >= 11 is 0. The molecule has 23 heavy (non-hydrogen) atoms. The normalized spacial score (nSPS) is 31.0. The first kappa shape index (κ1) is 17.4. The molecule has 0 amide bonds. The molecule has 2 bridgehead atoms. The van der Waals surface area contributed by atoms with Gasteiger partial charge in [0.05, 0.1) is 8.07 Å². The van der Waals surface area contributed by atoms with Crippen LogP contribution >= 0.6 is 0 Å². The van der Waals surface area contributed by atoms with Gasteiger partial charge in [-0.25, -0.2) is 4.39 Å². The first-order valence-electron chi connectivity index (χ1n) is 9.30. The molecule has 0 heterocycles. The van der Waals surface area contributed by atoms with E-state index in [4.69, 9.17) is 0 Å². The summed E-state index contributed by atoms with van der Waals surface area (Å²) in [5.74, 6) is 2.48. The molecule has 2 aliphatic carbocycles. The molecule has 0 unspecified atom stereocenters. The lowest BCUT2D eigenvalue weighted by Crippen LogP contribution is -2.45. The molecule has 2 saturated carbocycles. The van der Waals surface area contributed by atoms with Crippen LogP contribution in [-0.2, 0) is 0 Å². The van der Waals surface area contributed by atoms with E-state index in [1.807, 2.05) is 6.07 Å². The average molecular weight is 349 g/mol. The zero-order valence-corrected chi connectivity index (χ0v) is 18.0. The molecular weight excluding hydrogens is 315 g/mol. The van der Waals surface area contributed by atoms with Crippen LogP contribution in [0, 0.1) is 24.6 Å². The SMILES string of the molecule is Cc1cc(F)cc([Si](C)(C)C)c1[C@@H]1[C@H]2CC[C@H](C2)[C@@H]1[Si](C)(C)C. The van der Waals surface area contributed by atoms with Gasteiger partial charge in [0.2, 0.25) is 0 Å². The van der Waals surface area contributed by atoms with Crippen molar-refractivity contribution in [3.8, 4) is 0 Å². The highest BCUT2D eigenvalue weighted by Gasteiger charge is 2.53. The Balaban J connectivity index is 2.18. The molecule has 0 spiro atoms. The number of aryl methyl sites for hydroxylation is 1. The van der Waals surface area contributed by atoms with Crippen molar-refractivity contribution < 1.29 is 4.39 Å². The van der Waals surface area contributed by atoms with Gasteiger partial charge < -0.3 is 0 Å². The van der Waals surface area contributed by atoms with Crippen molar-refractivity contribution in [2.24, 2.45) is 11.8 Å². The third kappa shape index (κ3) is 2.99. The van der Waals surface area contributed by atoms with Gasteiger partial charge in [0.15, 0.2) is 0 Å². The molecule has 1 aromatic carbocycles. The van der Waals surface area contributed by atoms with Crippen LogP contribution in [0.3, 0.4) is 0 Å². The van der Waals surface area contributed by atoms with Crippen LogP contribution in [0.25, 0.3) is 0 Å². The van der Waals surface area contributed by atoms with Crippen LogP contribution in [0.1, 0.15) is 36.3 Å². The highest BCUT2D eigenvalue weighted by Crippen LogP contribution is 2.63. The maximum absolute atomic E-state index is 14.2.